The van der Waals surface area contributed by atoms with Crippen molar-refractivity contribution in [3.8, 4) is 0 Å². The largest absolute Gasteiger partial charge is 0.327 e. The zero-order valence-electron chi connectivity index (χ0n) is 11.2. The van der Waals surface area contributed by atoms with Gasteiger partial charge in [-0.1, -0.05) is 11.6 Å². The van der Waals surface area contributed by atoms with E-state index in [4.69, 9.17) is 17.3 Å². The molecule has 0 amide bonds. The van der Waals surface area contributed by atoms with Crippen LogP contribution in [0.3, 0.4) is 0 Å². The minimum Gasteiger partial charge on any atom is -0.327 e. The third kappa shape index (κ3) is 2.53. The van der Waals surface area contributed by atoms with Crippen LogP contribution in [0.25, 0.3) is 0 Å². The number of likely N-dealkylation sites (tertiary alicyclic amines) is 1. The molecular formula is C14H18ClN3O2. The fraction of sp³-hybridized carbons (Fsp3) is 0.571. The summed E-state index contributed by atoms with van der Waals surface area (Å²) < 4.78 is 0. The molecule has 1 saturated heterocycles. The van der Waals surface area contributed by atoms with Gasteiger partial charge in [-0.15, -0.1) is 0 Å². The van der Waals surface area contributed by atoms with Crippen LogP contribution >= 0.6 is 11.6 Å². The second kappa shape index (κ2) is 5.31. The molecule has 20 heavy (non-hydrogen) atoms. The molecule has 5 nitrogen and oxygen atoms in total. The normalized spacial score (nSPS) is 29.6. The van der Waals surface area contributed by atoms with Gasteiger partial charge in [-0.05, 0) is 36.3 Å². The van der Waals surface area contributed by atoms with Crippen LogP contribution in [-0.4, -0.2) is 29.0 Å². The fourth-order valence-electron chi connectivity index (χ4n) is 3.55. The lowest BCUT2D eigenvalue weighted by Crippen LogP contribution is -2.30. The van der Waals surface area contributed by atoms with Crippen molar-refractivity contribution in [1.29, 1.82) is 0 Å². The van der Waals surface area contributed by atoms with Gasteiger partial charge in [-0.3, -0.25) is 15.0 Å². The monoisotopic (exact) mass is 295 g/mol. The highest BCUT2D eigenvalue weighted by Gasteiger charge is 2.40. The van der Waals surface area contributed by atoms with Crippen molar-refractivity contribution in [2.24, 2.45) is 17.6 Å². The minimum absolute atomic E-state index is 0.0408. The van der Waals surface area contributed by atoms with Gasteiger partial charge >= 0.3 is 0 Å². The number of halogens is 1. The molecule has 1 saturated carbocycles. The van der Waals surface area contributed by atoms with Crippen molar-refractivity contribution in [2.75, 3.05) is 13.1 Å². The van der Waals surface area contributed by atoms with E-state index in [0.29, 0.717) is 22.9 Å². The van der Waals surface area contributed by atoms with Crippen molar-refractivity contribution in [1.82, 2.24) is 4.90 Å². The summed E-state index contributed by atoms with van der Waals surface area (Å²) in [5, 5.41) is 11.2. The number of nitrogens with two attached hydrogens (primary N) is 1. The van der Waals surface area contributed by atoms with E-state index in [1.807, 2.05) is 0 Å². The average molecular weight is 296 g/mol. The summed E-state index contributed by atoms with van der Waals surface area (Å²) in [6.45, 7) is 2.82. The predicted octanol–water partition coefficient (Wildman–Crippen LogP) is 2.42. The summed E-state index contributed by atoms with van der Waals surface area (Å²) in [6.07, 6.45) is 2.36. The number of non-ortho nitro benzene ring substituents is 1. The van der Waals surface area contributed by atoms with Gasteiger partial charge in [0.2, 0.25) is 0 Å². The number of nitrogens with zero attached hydrogens (tertiary/aromatic N) is 2. The second-order valence-corrected chi connectivity index (χ2v) is 6.30. The Kier molecular flexibility index (Phi) is 3.67. The molecule has 1 aromatic carbocycles. The van der Waals surface area contributed by atoms with E-state index in [1.54, 1.807) is 6.07 Å². The number of fused-ring (bicyclic) bond motifs is 1. The molecule has 6 heteroatoms. The molecule has 2 fully saturated rings. The number of benzene rings is 1. The molecule has 2 N–H and O–H groups in total. The zero-order chi connectivity index (χ0) is 14.3. The maximum atomic E-state index is 10.7. The van der Waals surface area contributed by atoms with Crippen LogP contribution in [0.5, 0.6) is 0 Å². The van der Waals surface area contributed by atoms with E-state index in [0.717, 1.165) is 31.6 Å². The molecule has 3 atom stereocenters. The first-order valence-corrected chi connectivity index (χ1v) is 7.33. The Labute approximate surface area is 122 Å². The van der Waals surface area contributed by atoms with Gasteiger partial charge in [-0.25, -0.2) is 0 Å². The van der Waals surface area contributed by atoms with Gasteiger partial charge in [-0.2, -0.15) is 0 Å². The number of nitro groups is 1. The first-order valence-electron chi connectivity index (χ1n) is 6.95. The molecule has 1 aliphatic carbocycles. The first-order chi connectivity index (χ1) is 9.54. The minimum atomic E-state index is -0.422. The van der Waals surface area contributed by atoms with Crippen LogP contribution in [0.1, 0.15) is 18.4 Å². The van der Waals surface area contributed by atoms with Gasteiger partial charge in [0.25, 0.3) is 5.69 Å². The highest BCUT2D eigenvalue weighted by molar-refractivity contribution is 6.31. The smallest absolute Gasteiger partial charge is 0.270 e. The maximum Gasteiger partial charge on any atom is 0.270 e. The lowest BCUT2D eigenvalue weighted by molar-refractivity contribution is -0.384. The molecule has 0 spiro atoms. The fourth-order valence-corrected chi connectivity index (χ4v) is 3.78. The number of hydrogen-bond acceptors (Lipinski definition) is 4. The summed E-state index contributed by atoms with van der Waals surface area (Å²) in [7, 11) is 0. The van der Waals surface area contributed by atoms with Crippen LogP contribution in [0.15, 0.2) is 18.2 Å². The lowest BCUT2D eigenvalue weighted by atomic mass is 9.98. The summed E-state index contributed by atoms with van der Waals surface area (Å²) in [5.41, 5.74) is 7.12. The van der Waals surface area contributed by atoms with Gasteiger partial charge in [0.1, 0.15) is 0 Å². The highest BCUT2D eigenvalue weighted by Crippen LogP contribution is 2.38. The van der Waals surface area contributed by atoms with Gasteiger partial charge in [0.15, 0.2) is 0 Å². The Hall–Kier alpha value is -1.17. The molecule has 108 valence electrons. The maximum absolute atomic E-state index is 10.7. The molecule has 1 heterocycles. The van der Waals surface area contributed by atoms with Crippen molar-refractivity contribution in [2.45, 2.75) is 25.4 Å². The van der Waals surface area contributed by atoms with E-state index >= 15 is 0 Å². The van der Waals surface area contributed by atoms with Crippen molar-refractivity contribution in [3.05, 3.63) is 38.9 Å². The third-order valence-electron chi connectivity index (χ3n) is 4.63. The van der Waals surface area contributed by atoms with Crippen LogP contribution in [0, 0.1) is 22.0 Å². The van der Waals surface area contributed by atoms with Crippen molar-refractivity contribution < 1.29 is 4.92 Å². The summed E-state index contributed by atoms with van der Waals surface area (Å²) in [4.78, 5) is 12.6. The van der Waals surface area contributed by atoms with E-state index in [9.17, 15) is 10.1 Å². The Morgan fingerprint density at radius 2 is 2.20 bits per heavy atom. The predicted molar refractivity (Wildman–Crippen MR) is 77.6 cm³/mol. The molecule has 1 aromatic rings. The zero-order valence-corrected chi connectivity index (χ0v) is 11.9. The standard InChI is InChI=1S/C14H18ClN3O2/c15-13-5-11(18(19)20)3-1-10(13)7-17-6-9-2-4-14(16)12(9)8-17/h1,3,5,9,12,14H,2,4,6-8,16H2. The SMILES string of the molecule is NC1CCC2CN(Cc3ccc([N+](=O)[O-])cc3Cl)CC12. The molecule has 0 aromatic heterocycles. The molecule has 3 rings (SSSR count). The topological polar surface area (TPSA) is 72.4 Å². The first kappa shape index (κ1) is 13.8. The van der Waals surface area contributed by atoms with E-state index < -0.39 is 4.92 Å². The highest BCUT2D eigenvalue weighted by atomic mass is 35.5. The Bertz CT molecular complexity index is 537. The van der Waals surface area contributed by atoms with Crippen LogP contribution < -0.4 is 5.73 Å². The Morgan fingerprint density at radius 1 is 1.40 bits per heavy atom. The average Bonchev–Trinajstić information content (AvgIpc) is 2.94. The van der Waals surface area contributed by atoms with Crippen LogP contribution in [-0.2, 0) is 6.54 Å². The summed E-state index contributed by atoms with van der Waals surface area (Å²) in [6, 6.07) is 5.04. The third-order valence-corrected chi connectivity index (χ3v) is 4.98. The van der Waals surface area contributed by atoms with Gasteiger partial charge in [0, 0.05) is 37.8 Å². The summed E-state index contributed by atoms with van der Waals surface area (Å²) >= 11 is 6.15. The molecular weight excluding hydrogens is 278 g/mol. The Morgan fingerprint density at radius 3 is 2.85 bits per heavy atom. The number of hydrogen-bond donors (Lipinski definition) is 1. The van der Waals surface area contributed by atoms with Crippen molar-refractivity contribution in [3.63, 3.8) is 0 Å². The van der Waals surface area contributed by atoms with E-state index in [2.05, 4.69) is 4.90 Å². The molecule has 0 bridgehead atoms. The van der Waals surface area contributed by atoms with E-state index in [1.165, 1.54) is 18.6 Å². The molecule has 0 radical (unpaired) electrons. The lowest BCUT2D eigenvalue weighted by Gasteiger charge is -2.18. The van der Waals surface area contributed by atoms with E-state index in [-0.39, 0.29) is 5.69 Å². The molecule has 3 unspecified atom stereocenters. The second-order valence-electron chi connectivity index (χ2n) is 5.89. The van der Waals surface area contributed by atoms with Gasteiger partial charge in [0.05, 0.1) is 9.95 Å². The molecule has 2 aliphatic rings. The summed E-state index contributed by atoms with van der Waals surface area (Å²) in [5.74, 6) is 1.31. The van der Waals surface area contributed by atoms with Crippen LogP contribution in [0.4, 0.5) is 5.69 Å². The quantitative estimate of drug-likeness (QED) is 0.686. The Balaban J connectivity index is 1.68. The molecule has 1 aliphatic heterocycles. The van der Waals surface area contributed by atoms with Crippen molar-refractivity contribution >= 4 is 17.3 Å². The van der Waals surface area contributed by atoms with Crippen LogP contribution in [0.2, 0.25) is 5.02 Å². The number of rotatable bonds is 3. The number of nitro benzene ring substituents is 1. The van der Waals surface area contributed by atoms with Gasteiger partial charge < -0.3 is 5.73 Å².